The van der Waals surface area contributed by atoms with E-state index < -0.39 is 8.25 Å². The van der Waals surface area contributed by atoms with E-state index in [1.807, 2.05) is 0 Å². The smallest absolute Gasteiger partial charge is 1.00 e. The van der Waals surface area contributed by atoms with Crippen LogP contribution in [-0.2, 0) is 4.57 Å². The van der Waals surface area contributed by atoms with Crippen LogP contribution in [0.1, 0.15) is 1.43 Å². The van der Waals surface area contributed by atoms with Crippen LogP contribution in [0.4, 0.5) is 0 Å². The topological polar surface area (TPSA) is 57.5 Å². The van der Waals surface area contributed by atoms with Gasteiger partial charge in [0.15, 0.2) is 0 Å². The third-order valence-corrected chi connectivity index (χ3v) is 0. The van der Waals surface area contributed by atoms with Gasteiger partial charge in [-0.15, -0.1) is 0 Å². The molecule has 0 amide bonds. The predicted octanol–water partition coefficient (Wildman–Crippen LogP) is -1.44. The number of rotatable bonds is 0. The minimum atomic E-state index is -3.13. The van der Waals surface area contributed by atoms with E-state index in [9.17, 15) is 0 Å². The molecular weight excluding hydrogens is 119 g/mol. The number of hydrogen-bond acceptors (Lipinski definition) is 1. The Morgan fingerprint density at radius 2 is 1.60 bits per heavy atom. The summed E-state index contributed by atoms with van der Waals surface area (Å²) >= 11 is 0. The van der Waals surface area contributed by atoms with Crippen molar-refractivity contribution in [3.63, 3.8) is 0 Å². The molecule has 0 fully saturated rings. The molecule has 0 aliphatic carbocycles. The van der Waals surface area contributed by atoms with Gasteiger partial charge >= 0.3 is 47.4 Å². The van der Waals surface area contributed by atoms with Crippen molar-refractivity contribution < 1.29 is 15.8 Å². The Bertz CT molecular complexity index is 33.8. The van der Waals surface area contributed by atoms with Crippen molar-refractivity contribution >= 4 is 46.0 Å². The fraction of sp³-hybridized carbons (Fsp3) is 0. The first-order valence-electron chi connectivity index (χ1n) is 0.651. The number of hydrogen-bond donors (Lipinski definition) is 2. The first-order chi connectivity index (χ1) is 1.73. The molecule has 0 aliphatic heterocycles. The average molecular weight is 125 g/mol. The molecule has 0 unspecified atom stereocenters. The molecule has 0 atom stereocenters. The standard InChI is InChI=1S/Ca.H3O3P.2H/c;1-4(2)3;;/h;4H,(H2,1,2,3);;/p+1. The quantitative estimate of drug-likeness (QED) is 0.308. The van der Waals surface area contributed by atoms with E-state index in [2.05, 4.69) is 0 Å². The van der Waals surface area contributed by atoms with Crippen molar-refractivity contribution in [3.05, 3.63) is 0 Å². The van der Waals surface area contributed by atoms with Gasteiger partial charge < -0.3 is 9.79 Å². The average Bonchev–Trinajstić information content (AvgIpc) is 0.811. The molecule has 0 heterocycles. The van der Waals surface area contributed by atoms with Gasteiger partial charge in [-0.05, 0) is 0 Å². The SMILES string of the molecule is O=[PH](O)O.[CaH2].[H+]. The van der Waals surface area contributed by atoms with E-state index in [0.717, 1.165) is 0 Å². The van der Waals surface area contributed by atoms with E-state index in [-0.39, 0.29) is 39.2 Å². The zero-order chi connectivity index (χ0) is 3.58. The molecule has 0 spiro atoms. The minimum absolute atomic E-state index is 0. The molecule has 0 aromatic carbocycles. The Labute approximate surface area is 61.4 Å². The summed E-state index contributed by atoms with van der Waals surface area (Å²) in [6, 6.07) is 0. The molecule has 2 N–H and O–H groups in total. The summed E-state index contributed by atoms with van der Waals surface area (Å²) in [5.74, 6) is 0. The van der Waals surface area contributed by atoms with Gasteiger partial charge in [-0.2, -0.15) is 0 Å². The Kier molecular flexibility index (Phi) is 10.4. The van der Waals surface area contributed by atoms with Crippen LogP contribution in [0.15, 0.2) is 0 Å². The summed E-state index contributed by atoms with van der Waals surface area (Å²) in [5, 5.41) is 0. The van der Waals surface area contributed by atoms with Gasteiger partial charge in [-0.3, -0.25) is 4.57 Å². The molecule has 0 saturated heterocycles. The minimum Gasteiger partial charge on any atom is 1.00 e. The third kappa shape index (κ3) is 31.6. The normalized spacial score (nSPS) is 7.00. The first kappa shape index (κ1) is 9.65. The van der Waals surface area contributed by atoms with Crippen molar-refractivity contribution in [1.29, 1.82) is 0 Å². The van der Waals surface area contributed by atoms with E-state index in [0.29, 0.717) is 0 Å². The van der Waals surface area contributed by atoms with Gasteiger partial charge in [-0.25, -0.2) is 0 Å². The first-order valence-corrected chi connectivity index (χ1v) is 1.95. The fourth-order valence-electron chi connectivity index (χ4n) is 0. The van der Waals surface area contributed by atoms with Gasteiger partial charge in [0, 0.05) is 0 Å². The Morgan fingerprint density at radius 1 is 1.60 bits per heavy atom. The van der Waals surface area contributed by atoms with Gasteiger partial charge in [0.2, 0.25) is 0 Å². The third-order valence-electron chi connectivity index (χ3n) is 0. The summed E-state index contributed by atoms with van der Waals surface area (Å²) in [4.78, 5) is 14.3. The van der Waals surface area contributed by atoms with Crippen LogP contribution >= 0.6 is 8.25 Å². The molecule has 0 bridgehead atoms. The van der Waals surface area contributed by atoms with Crippen LogP contribution in [0.25, 0.3) is 0 Å². The van der Waals surface area contributed by atoms with Crippen molar-refractivity contribution in [2.75, 3.05) is 0 Å². The van der Waals surface area contributed by atoms with Crippen molar-refractivity contribution in [2.24, 2.45) is 0 Å². The molecule has 3 nitrogen and oxygen atoms in total. The van der Waals surface area contributed by atoms with Crippen molar-refractivity contribution in [1.82, 2.24) is 0 Å². The maximum Gasteiger partial charge on any atom is 1.00 e. The second-order valence-electron chi connectivity index (χ2n) is 0.283. The maximum atomic E-state index is 8.74. The van der Waals surface area contributed by atoms with Gasteiger partial charge in [0.05, 0.1) is 0 Å². The molecule has 5 heteroatoms. The summed E-state index contributed by atoms with van der Waals surface area (Å²) in [6.07, 6.45) is 0. The molecule has 0 rings (SSSR count). The van der Waals surface area contributed by atoms with Crippen LogP contribution in [0.3, 0.4) is 0 Å². The monoisotopic (exact) mass is 125 g/mol. The Balaban J connectivity index is -0.0000000450. The Hall–Kier alpha value is 1.41. The van der Waals surface area contributed by atoms with Crippen LogP contribution in [0, 0.1) is 0 Å². The van der Waals surface area contributed by atoms with Crippen molar-refractivity contribution in [3.8, 4) is 0 Å². The predicted molar refractivity (Wildman–Crippen MR) is 23.1 cm³/mol. The second-order valence-corrected chi connectivity index (χ2v) is 0.848. The Morgan fingerprint density at radius 3 is 1.60 bits per heavy atom. The molecule has 0 radical (unpaired) electrons. The molecular formula is H6CaO3P+. The summed E-state index contributed by atoms with van der Waals surface area (Å²) in [5.41, 5.74) is 0. The van der Waals surface area contributed by atoms with E-state index >= 15 is 0 Å². The zero-order valence-electron chi connectivity index (χ0n) is 2.80. The van der Waals surface area contributed by atoms with Crippen LogP contribution < -0.4 is 0 Å². The largest absolute Gasteiger partial charge is 1.00 e. The summed E-state index contributed by atoms with van der Waals surface area (Å²) < 4.78 is 8.74. The second kappa shape index (κ2) is 5.41. The van der Waals surface area contributed by atoms with Gasteiger partial charge in [0.25, 0.3) is 0 Å². The van der Waals surface area contributed by atoms with Gasteiger partial charge in [0.1, 0.15) is 0 Å². The molecule has 0 aromatic rings. The summed E-state index contributed by atoms with van der Waals surface area (Å²) in [7, 11) is -3.13. The van der Waals surface area contributed by atoms with Crippen LogP contribution in [0.5, 0.6) is 0 Å². The van der Waals surface area contributed by atoms with E-state index in [1.54, 1.807) is 0 Å². The van der Waals surface area contributed by atoms with Crippen LogP contribution in [0.2, 0.25) is 0 Å². The zero-order valence-corrected chi connectivity index (χ0v) is 2.80. The molecule has 30 valence electrons. The van der Waals surface area contributed by atoms with E-state index in [1.165, 1.54) is 0 Å². The van der Waals surface area contributed by atoms with E-state index in [4.69, 9.17) is 14.4 Å². The molecule has 0 saturated carbocycles. The van der Waals surface area contributed by atoms with Crippen LogP contribution in [-0.4, -0.2) is 47.5 Å². The maximum absolute atomic E-state index is 8.74. The fourth-order valence-corrected chi connectivity index (χ4v) is 0. The molecule has 0 aliphatic rings. The van der Waals surface area contributed by atoms with Gasteiger partial charge in [-0.1, -0.05) is 0 Å². The molecule has 0 aromatic heterocycles. The molecule has 5 heavy (non-hydrogen) atoms. The summed E-state index contributed by atoms with van der Waals surface area (Å²) in [6.45, 7) is 0. The van der Waals surface area contributed by atoms with Crippen molar-refractivity contribution in [2.45, 2.75) is 0 Å².